The summed E-state index contributed by atoms with van der Waals surface area (Å²) in [6.07, 6.45) is 9.08. The zero-order valence-electron chi connectivity index (χ0n) is 53.4. The molecule has 40 heteroatoms. The number of carboxylic acids is 1. The summed E-state index contributed by atoms with van der Waals surface area (Å²) in [5, 5.41) is 39.6. The number of nitrogens with one attached hydrogen (secondary N) is 3. The number of carbonyl (C=O) groups excluding carboxylic acids is 1. The van der Waals surface area contributed by atoms with Crippen LogP contribution in [0.3, 0.4) is 0 Å². The second-order valence-electron chi connectivity index (χ2n) is 20.4. The van der Waals surface area contributed by atoms with Gasteiger partial charge in [0.05, 0.1) is 37.1 Å². The number of hydrogen-bond acceptors (Lipinski definition) is 28. The van der Waals surface area contributed by atoms with E-state index in [0.29, 0.717) is 72.6 Å². The maximum Gasteiger partial charge on any atom is 0.356 e. The average Bonchev–Trinajstić information content (AvgIpc) is 1.66. The van der Waals surface area contributed by atoms with Crippen LogP contribution in [0.5, 0.6) is 17.2 Å². The van der Waals surface area contributed by atoms with Crippen molar-refractivity contribution in [2.24, 2.45) is 35.2 Å². The number of nitrogens with two attached hydrogens (primary N) is 1. The molecule has 14 aromatic heterocycles. The quantitative estimate of drug-likeness (QED) is 0.104. The van der Waals surface area contributed by atoms with Crippen molar-refractivity contribution < 1.29 is 42.5 Å². The topological polar surface area (TPSA) is 501 Å². The number of pyridine rings is 6. The molecule has 0 spiro atoms. The number of nitrogen functional groups attached to an aromatic ring is 1. The van der Waals surface area contributed by atoms with Crippen molar-refractivity contribution in [2.45, 2.75) is 6.61 Å². The van der Waals surface area contributed by atoms with Gasteiger partial charge in [0, 0.05) is 110 Å². The van der Waals surface area contributed by atoms with Gasteiger partial charge in [0.1, 0.15) is 68.9 Å². The van der Waals surface area contributed by atoms with E-state index in [-0.39, 0.29) is 80.3 Å². The highest BCUT2D eigenvalue weighted by Crippen LogP contribution is 2.27. The highest BCUT2D eigenvalue weighted by Gasteiger charge is 2.17. The van der Waals surface area contributed by atoms with E-state index in [2.05, 4.69) is 123 Å². The third-order valence-corrected chi connectivity index (χ3v) is 14.4. The molecule has 0 fully saturated rings. The summed E-state index contributed by atoms with van der Waals surface area (Å²) in [5.41, 5.74) is 8.34. The highest BCUT2D eigenvalue weighted by atomic mass is 79.9. The number of H-pyrrole nitrogens is 2. The molecule has 102 heavy (non-hydrogen) atoms. The summed E-state index contributed by atoms with van der Waals surface area (Å²) in [7, 11) is 9.10. The van der Waals surface area contributed by atoms with Crippen LogP contribution in [0.15, 0.2) is 201 Å². The molecule has 0 aromatic carbocycles. The molecule has 14 heterocycles. The lowest BCUT2D eigenvalue weighted by atomic mass is 10.3. The number of oxazole rings is 3. The number of aromatic nitrogens is 19. The Balaban J connectivity index is 0.000000147. The van der Waals surface area contributed by atoms with Crippen LogP contribution in [0.25, 0.3) is 68.4 Å². The van der Waals surface area contributed by atoms with Gasteiger partial charge in [-0.2, -0.15) is 25.5 Å². The molecule has 0 aliphatic heterocycles. The number of amides is 1. The van der Waals surface area contributed by atoms with Crippen LogP contribution in [-0.2, 0) is 41.8 Å². The number of methoxy groups -OCH3 is 1. The van der Waals surface area contributed by atoms with Gasteiger partial charge in [-0.05, 0) is 108 Å². The number of fused-ring (bicyclic) bond motifs is 3. The number of carbonyl (C=O) groups is 2. The van der Waals surface area contributed by atoms with Crippen LogP contribution >= 0.6 is 47.8 Å². The van der Waals surface area contributed by atoms with Crippen molar-refractivity contribution >= 4 is 105 Å². The minimum Gasteiger partial charge on any atom is -0.506 e. The van der Waals surface area contributed by atoms with Crippen LogP contribution < -0.4 is 59.4 Å². The van der Waals surface area contributed by atoms with E-state index in [4.69, 9.17) is 33.6 Å². The van der Waals surface area contributed by atoms with E-state index >= 15 is 0 Å². The predicted molar refractivity (Wildman–Crippen MR) is 373 cm³/mol. The standard InChI is InChI=1S/C18H15N5O4.C11H9BrN4O3.C11H7BrN4O2.C11H8N4O3.C6H6N2O3.C5H5BrN2O/c1-23-16(24)6-5-14(22-23)18-21-15-7-13(9-20-17(15)27-18)26-10-11-3-4-12(25-2)8-19-11;1-16-9(17)3-2-7(15-16)11(19)14-8-4-6(12)5-13-10(8)18;1-16-9(17)3-2-7(15-16)11-14-8-4-6(12)5-13-10(8)18-11;1-15-9(17)3-2-7(14-15)11-13-8-4-6(16)5-12-10(8)18-11;1-8-5(9)3-2-4(7-8)6(10)11;6-3-1-4(7)5(9)8-2-3/h3-9H,10H2,1-2H3;2-5H,1H3,(H,13,18)(H,14,19);2-5H,1H3;2-5,16H,1H3;2-3H,1H3,(H,10,11);1-2H,7H2,(H,8,9). The minimum absolute atomic E-state index is 0.00997. The molecule has 0 unspecified atom stereocenters. The second-order valence-corrected chi connectivity index (χ2v) is 23.1. The van der Waals surface area contributed by atoms with Gasteiger partial charge in [-0.15, -0.1) is 0 Å². The van der Waals surface area contributed by atoms with Gasteiger partial charge in [0.15, 0.2) is 5.69 Å². The fraction of sp³-hybridized carbons (Fsp3) is 0.113. The largest absolute Gasteiger partial charge is 0.506 e. The number of rotatable bonds is 10. The van der Waals surface area contributed by atoms with E-state index in [9.17, 15) is 48.3 Å². The first-order valence-corrected chi connectivity index (χ1v) is 31.1. The summed E-state index contributed by atoms with van der Waals surface area (Å²) in [6, 6.07) is 25.3. The van der Waals surface area contributed by atoms with Gasteiger partial charge >= 0.3 is 5.97 Å². The number of aromatic carboxylic acids is 1. The molecule has 1 amide bonds. The molecule has 0 aliphatic rings. The zero-order valence-corrected chi connectivity index (χ0v) is 58.2. The normalized spacial score (nSPS) is 10.5. The van der Waals surface area contributed by atoms with Crippen molar-refractivity contribution in [3.8, 4) is 52.0 Å². The molecule has 7 N–H and O–H groups in total. The van der Waals surface area contributed by atoms with Gasteiger partial charge in [0.2, 0.25) is 34.8 Å². The second kappa shape index (κ2) is 33.0. The lowest BCUT2D eigenvalue weighted by Crippen LogP contribution is -2.25. The molecular formula is C62H50Br3N21O16. The first-order valence-electron chi connectivity index (χ1n) is 28.7. The third kappa shape index (κ3) is 19.4. The molecule has 0 saturated heterocycles. The molecule has 0 aliphatic carbocycles. The fourth-order valence-electron chi connectivity index (χ4n) is 7.90. The Labute approximate surface area is 593 Å². The SMILES string of the molecule is COc1ccc(COc2cnc3oc(-c4ccc(=O)n(C)n4)nc3c2)nc1.Cn1nc(-c2nc3cc(Br)cnc3o2)ccc1=O.Cn1nc(-c2nc3cc(O)cnc3o2)ccc1=O.Cn1nc(C(=O)Nc2cc(Br)c[nH]c2=O)ccc1=O.Cn1nc(C(=O)O)ccc1=O.Nc1cc(Br)c[nH]c1=O. The summed E-state index contributed by atoms with van der Waals surface area (Å²) in [4.78, 5) is 134. The van der Waals surface area contributed by atoms with E-state index in [1.54, 1.807) is 83.4 Å². The molecule has 0 bridgehead atoms. The highest BCUT2D eigenvalue weighted by molar-refractivity contribution is 9.11. The number of carboxylic acid groups (broad SMARTS) is 1. The lowest BCUT2D eigenvalue weighted by Gasteiger charge is -2.05. The number of aromatic hydroxyl groups is 1. The molecule has 0 atom stereocenters. The number of aryl methyl sites for hydroxylation is 5. The van der Waals surface area contributed by atoms with Crippen LogP contribution in [0.4, 0.5) is 11.4 Å². The van der Waals surface area contributed by atoms with Crippen molar-refractivity contribution in [3.05, 3.63) is 243 Å². The number of anilines is 2. The lowest BCUT2D eigenvalue weighted by molar-refractivity contribution is 0.0687. The molecule has 14 rings (SSSR count). The summed E-state index contributed by atoms with van der Waals surface area (Å²) >= 11 is 9.64. The monoisotopic (exact) mass is 1580 g/mol. The van der Waals surface area contributed by atoms with Crippen LogP contribution in [0.1, 0.15) is 26.7 Å². The maximum atomic E-state index is 11.9. The van der Waals surface area contributed by atoms with Gasteiger partial charge in [-0.1, -0.05) is 0 Å². The van der Waals surface area contributed by atoms with Crippen molar-refractivity contribution in [1.29, 1.82) is 0 Å². The predicted octanol–water partition coefficient (Wildman–Crippen LogP) is 5.08. The summed E-state index contributed by atoms with van der Waals surface area (Å²) < 4.78 is 35.2. The molecule has 0 radical (unpaired) electrons. The maximum absolute atomic E-state index is 11.9. The number of hydrogen-bond donors (Lipinski definition) is 6. The average molecular weight is 1580 g/mol. The number of halogens is 3. The third-order valence-electron chi connectivity index (χ3n) is 13.0. The number of aromatic amines is 2. The van der Waals surface area contributed by atoms with Crippen LogP contribution in [0.2, 0.25) is 0 Å². The minimum atomic E-state index is -1.14. The van der Waals surface area contributed by atoms with Crippen molar-refractivity contribution in [2.75, 3.05) is 18.2 Å². The first-order chi connectivity index (χ1) is 48.7. The Kier molecular flexibility index (Phi) is 23.6. The Morgan fingerprint density at radius 1 is 0.510 bits per heavy atom. The molecular weight excluding hydrogens is 1530 g/mol. The van der Waals surface area contributed by atoms with Gasteiger partial charge in [-0.25, -0.2) is 58.1 Å². The van der Waals surface area contributed by atoms with Crippen molar-refractivity contribution in [1.82, 2.24) is 93.8 Å². The summed E-state index contributed by atoms with van der Waals surface area (Å²) in [6.45, 7) is 0.282. The Bertz CT molecular complexity index is 5730. The Morgan fingerprint density at radius 3 is 1.42 bits per heavy atom. The molecule has 520 valence electrons. The Hall–Kier alpha value is -13.1. The fourth-order valence-corrected chi connectivity index (χ4v) is 8.92. The van der Waals surface area contributed by atoms with E-state index < -0.39 is 17.4 Å². The molecule has 14 aromatic rings. The number of nitrogens with zero attached hydrogens (tertiary/aromatic N) is 17. The van der Waals surface area contributed by atoms with Crippen LogP contribution in [0, 0.1) is 0 Å². The number of ether oxygens (including phenoxy) is 2. The molecule has 37 nitrogen and oxygen atoms in total. The van der Waals surface area contributed by atoms with Gasteiger partial charge < -0.3 is 54.0 Å². The summed E-state index contributed by atoms with van der Waals surface area (Å²) in [5.74, 6) is 0.389. The van der Waals surface area contributed by atoms with Crippen LogP contribution in [-0.4, -0.2) is 123 Å². The first kappa shape index (κ1) is 73.1. The van der Waals surface area contributed by atoms with Gasteiger partial charge in [0.25, 0.3) is 44.8 Å². The van der Waals surface area contributed by atoms with Crippen molar-refractivity contribution in [3.63, 3.8) is 0 Å². The van der Waals surface area contributed by atoms with E-state index in [0.717, 1.165) is 30.1 Å². The van der Waals surface area contributed by atoms with Gasteiger partial charge in [-0.3, -0.25) is 43.3 Å². The Morgan fingerprint density at radius 2 is 0.951 bits per heavy atom. The smallest absolute Gasteiger partial charge is 0.356 e. The molecule has 0 saturated carbocycles. The van der Waals surface area contributed by atoms with E-state index in [1.807, 2.05) is 12.1 Å². The zero-order chi connectivity index (χ0) is 73.5. The van der Waals surface area contributed by atoms with E-state index in [1.165, 1.54) is 95.1 Å².